The van der Waals surface area contributed by atoms with Crippen LogP contribution in [-0.2, 0) is 9.59 Å². The Bertz CT molecular complexity index is 799. The van der Waals surface area contributed by atoms with E-state index in [0.717, 1.165) is 5.69 Å². The van der Waals surface area contributed by atoms with Crippen molar-refractivity contribution in [2.24, 2.45) is 11.8 Å². The maximum absolute atomic E-state index is 12.4. The molecule has 2 unspecified atom stereocenters. The van der Waals surface area contributed by atoms with Crippen LogP contribution in [0.1, 0.15) is 31.7 Å². The van der Waals surface area contributed by atoms with Gasteiger partial charge in [-0.1, -0.05) is 32.0 Å². The van der Waals surface area contributed by atoms with Crippen LogP contribution in [0.2, 0.25) is 0 Å². The van der Waals surface area contributed by atoms with E-state index in [1.54, 1.807) is 19.2 Å². The lowest BCUT2D eigenvalue weighted by Gasteiger charge is -2.09. The zero-order valence-corrected chi connectivity index (χ0v) is 15.3. The number of benzene rings is 2. The molecule has 0 heterocycles. The molecule has 1 aliphatic rings. The molecular formula is C21H24N2O3. The van der Waals surface area contributed by atoms with Crippen molar-refractivity contribution in [3.05, 3.63) is 54.1 Å². The summed E-state index contributed by atoms with van der Waals surface area (Å²) in [5.74, 6) is 0.341. The van der Waals surface area contributed by atoms with Crippen LogP contribution in [0.5, 0.6) is 5.75 Å². The van der Waals surface area contributed by atoms with Crippen molar-refractivity contribution in [1.29, 1.82) is 0 Å². The average molecular weight is 352 g/mol. The topological polar surface area (TPSA) is 67.4 Å². The summed E-state index contributed by atoms with van der Waals surface area (Å²) in [6.07, 6.45) is 0.575. The van der Waals surface area contributed by atoms with Gasteiger partial charge in [0.25, 0.3) is 0 Å². The van der Waals surface area contributed by atoms with Crippen molar-refractivity contribution in [2.45, 2.75) is 26.2 Å². The summed E-state index contributed by atoms with van der Waals surface area (Å²) < 4.78 is 5.15. The Morgan fingerprint density at radius 3 is 2.15 bits per heavy atom. The molecule has 0 aliphatic heterocycles. The van der Waals surface area contributed by atoms with Gasteiger partial charge in [-0.05, 0) is 42.2 Å². The Balaban J connectivity index is 1.53. The first-order chi connectivity index (χ1) is 12.5. The molecule has 0 spiro atoms. The van der Waals surface area contributed by atoms with Gasteiger partial charge in [-0.2, -0.15) is 0 Å². The van der Waals surface area contributed by atoms with E-state index < -0.39 is 0 Å². The van der Waals surface area contributed by atoms with Crippen molar-refractivity contribution < 1.29 is 14.3 Å². The first-order valence-corrected chi connectivity index (χ1v) is 8.83. The van der Waals surface area contributed by atoms with Crippen molar-refractivity contribution in [3.8, 4) is 5.75 Å². The van der Waals surface area contributed by atoms with Crippen LogP contribution >= 0.6 is 0 Å². The van der Waals surface area contributed by atoms with Gasteiger partial charge in [0.1, 0.15) is 5.75 Å². The van der Waals surface area contributed by atoms with Crippen LogP contribution in [-0.4, -0.2) is 18.9 Å². The van der Waals surface area contributed by atoms with Gasteiger partial charge in [-0.3, -0.25) is 9.59 Å². The normalized spacial score (nSPS) is 18.3. The van der Waals surface area contributed by atoms with Gasteiger partial charge in [-0.25, -0.2) is 0 Å². The first-order valence-electron chi connectivity index (χ1n) is 8.83. The number of carbonyl (C=O) groups excluding carboxylic acids is 2. The molecule has 3 rings (SSSR count). The molecule has 2 atom stereocenters. The molecule has 0 saturated heterocycles. The number of amides is 2. The molecule has 5 nitrogen and oxygen atoms in total. The minimum atomic E-state index is -0.281. The van der Waals surface area contributed by atoms with Gasteiger partial charge in [-0.15, -0.1) is 0 Å². The molecule has 1 aliphatic carbocycles. The molecule has 26 heavy (non-hydrogen) atoms. The second kappa shape index (κ2) is 7.60. The van der Waals surface area contributed by atoms with Crippen molar-refractivity contribution in [2.75, 3.05) is 17.7 Å². The molecule has 2 aromatic carbocycles. The fourth-order valence-electron chi connectivity index (χ4n) is 2.90. The Kier molecular flexibility index (Phi) is 5.26. The molecule has 1 fully saturated rings. The Morgan fingerprint density at radius 1 is 0.962 bits per heavy atom. The largest absolute Gasteiger partial charge is 0.497 e. The van der Waals surface area contributed by atoms with Crippen molar-refractivity contribution >= 4 is 23.2 Å². The maximum atomic E-state index is 12.4. The van der Waals surface area contributed by atoms with Gasteiger partial charge >= 0.3 is 0 Å². The molecule has 0 bridgehead atoms. The number of carbonyl (C=O) groups is 2. The summed E-state index contributed by atoms with van der Waals surface area (Å²) in [7, 11) is 1.58. The number of nitrogens with one attached hydrogen (secondary N) is 2. The molecule has 2 aromatic rings. The van der Waals surface area contributed by atoms with E-state index in [0.29, 0.717) is 23.8 Å². The highest BCUT2D eigenvalue weighted by molar-refractivity contribution is 6.03. The summed E-state index contributed by atoms with van der Waals surface area (Å²) in [4.78, 5) is 24.7. The smallest absolute Gasteiger partial charge is 0.228 e. The van der Waals surface area contributed by atoms with Crippen LogP contribution in [0.25, 0.3) is 0 Å². The molecule has 5 heteroatoms. The second-order valence-corrected chi connectivity index (χ2v) is 6.94. The van der Waals surface area contributed by atoms with Crippen LogP contribution in [0, 0.1) is 11.8 Å². The van der Waals surface area contributed by atoms with Gasteiger partial charge in [0, 0.05) is 17.4 Å². The van der Waals surface area contributed by atoms with E-state index in [4.69, 9.17) is 4.74 Å². The first kappa shape index (κ1) is 18.0. The molecule has 0 aromatic heterocycles. The monoisotopic (exact) mass is 352 g/mol. The Labute approximate surface area is 153 Å². The van der Waals surface area contributed by atoms with E-state index in [-0.39, 0.29) is 23.7 Å². The Morgan fingerprint density at radius 2 is 1.58 bits per heavy atom. The fourth-order valence-corrected chi connectivity index (χ4v) is 2.90. The summed E-state index contributed by atoms with van der Waals surface area (Å²) >= 11 is 0. The van der Waals surface area contributed by atoms with Crippen molar-refractivity contribution in [1.82, 2.24) is 0 Å². The predicted molar refractivity (Wildman–Crippen MR) is 102 cm³/mol. The lowest BCUT2D eigenvalue weighted by atomic mass is 10.0. The highest BCUT2D eigenvalue weighted by Gasteiger charge is 2.48. The summed E-state index contributed by atoms with van der Waals surface area (Å²) in [6, 6.07) is 15.0. The summed E-state index contributed by atoms with van der Waals surface area (Å²) in [5, 5.41) is 5.75. The number of ether oxygens (including phenoxy) is 1. The van der Waals surface area contributed by atoms with Gasteiger partial charge in [0.2, 0.25) is 11.8 Å². The average Bonchev–Trinajstić information content (AvgIpc) is 3.43. The zero-order valence-electron chi connectivity index (χ0n) is 15.3. The lowest BCUT2D eigenvalue weighted by Crippen LogP contribution is -2.20. The van der Waals surface area contributed by atoms with E-state index in [1.165, 1.54) is 5.56 Å². The predicted octanol–water partition coefficient (Wildman–Crippen LogP) is 4.03. The standard InChI is InChI=1S/C21H24N2O3/c1-13(2)14-7-9-15(10-8-14)22-20(24)18-12-19(18)21(25)23-16-5-4-6-17(11-16)26-3/h4-11,13,18-19H,12H2,1-3H3,(H,22,24)(H,23,25). The third-order valence-electron chi connectivity index (χ3n) is 4.65. The number of rotatable bonds is 6. The second-order valence-electron chi connectivity index (χ2n) is 6.94. The molecule has 136 valence electrons. The number of anilines is 2. The van der Waals surface area contributed by atoms with Gasteiger partial charge < -0.3 is 15.4 Å². The molecule has 2 amide bonds. The highest BCUT2D eigenvalue weighted by atomic mass is 16.5. The van der Waals surface area contributed by atoms with Crippen LogP contribution in [0.4, 0.5) is 11.4 Å². The summed E-state index contributed by atoms with van der Waals surface area (Å²) in [6.45, 7) is 4.26. The SMILES string of the molecule is COc1cccc(NC(=O)C2CC2C(=O)Nc2ccc(C(C)C)cc2)c1. The van der Waals surface area contributed by atoms with E-state index in [1.807, 2.05) is 36.4 Å². The highest BCUT2D eigenvalue weighted by Crippen LogP contribution is 2.40. The number of methoxy groups -OCH3 is 1. The number of hydrogen-bond donors (Lipinski definition) is 2. The zero-order chi connectivity index (χ0) is 18.7. The third-order valence-corrected chi connectivity index (χ3v) is 4.65. The number of hydrogen-bond acceptors (Lipinski definition) is 3. The molecule has 1 saturated carbocycles. The fraction of sp³-hybridized carbons (Fsp3) is 0.333. The van der Waals surface area contributed by atoms with E-state index in [2.05, 4.69) is 24.5 Å². The molecular weight excluding hydrogens is 328 g/mol. The van der Waals surface area contributed by atoms with Gasteiger partial charge in [0.05, 0.1) is 18.9 Å². The van der Waals surface area contributed by atoms with Crippen LogP contribution < -0.4 is 15.4 Å². The van der Waals surface area contributed by atoms with E-state index >= 15 is 0 Å². The summed E-state index contributed by atoms with van der Waals surface area (Å²) in [5.41, 5.74) is 2.66. The minimum Gasteiger partial charge on any atom is -0.497 e. The maximum Gasteiger partial charge on any atom is 0.228 e. The van der Waals surface area contributed by atoms with Gasteiger partial charge in [0.15, 0.2) is 0 Å². The van der Waals surface area contributed by atoms with E-state index in [9.17, 15) is 9.59 Å². The van der Waals surface area contributed by atoms with Crippen molar-refractivity contribution in [3.63, 3.8) is 0 Å². The third kappa shape index (κ3) is 4.23. The minimum absolute atomic E-state index is 0.104. The van der Waals surface area contributed by atoms with Crippen LogP contribution in [0.15, 0.2) is 48.5 Å². The quantitative estimate of drug-likeness (QED) is 0.825. The van der Waals surface area contributed by atoms with Crippen LogP contribution in [0.3, 0.4) is 0 Å². The molecule has 0 radical (unpaired) electrons. The Hall–Kier alpha value is -2.82. The molecule has 2 N–H and O–H groups in total. The lowest BCUT2D eigenvalue weighted by molar-refractivity contribution is -0.122.